The van der Waals surface area contributed by atoms with Gasteiger partial charge in [0, 0.05) is 5.56 Å². The number of fused-ring (bicyclic) bond motifs is 1. The molecule has 0 saturated carbocycles. The summed E-state index contributed by atoms with van der Waals surface area (Å²) in [6.45, 7) is 1.62. The molecule has 3 rings (SSSR count). The minimum Gasteiger partial charge on any atom is -0.367 e. The van der Waals surface area contributed by atoms with Crippen molar-refractivity contribution in [3.63, 3.8) is 0 Å². The number of hydrogen-bond acceptors (Lipinski definition) is 2. The predicted molar refractivity (Wildman–Crippen MR) is 94.4 cm³/mol. The number of carbonyl (C=O) groups excluding carboxylic acids is 2. The first-order valence-electron chi connectivity index (χ1n) is 7.68. The summed E-state index contributed by atoms with van der Waals surface area (Å²) in [7, 11) is 0. The van der Waals surface area contributed by atoms with Gasteiger partial charge < -0.3 is 11.1 Å². The van der Waals surface area contributed by atoms with Crippen molar-refractivity contribution in [2.45, 2.75) is 12.5 Å². The number of hydrogen-bond donors (Lipinski definition) is 2. The van der Waals surface area contributed by atoms with E-state index in [1.807, 2.05) is 42.5 Å². The molecule has 0 bridgehead atoms. The Bertz CT molecular complexity index is 900. The molecule has 0 radical (unpaired) electrons. The van der Waals surface area contributed by atoms with E-state index in [2.05, 4.69) is 5.32 Å². The molecular formula is C20H18N2O2. The zero-order chi connectivity index (χ0) is 17.2. The second-order valence-corrected chi connectivity index (χ2v) is 5.84. The zero-order valence-electron chi connectivity index (χ0n) is 13.3. The van der Waals surface area contributed by atoms with E-state index in [1.165, 1.54) is 0 Å². The van der Waals surface area contributed by atoms with Gasteiger partial charge in [0.2, 0.25) is 5.91 Å². The lowest BCUT2D eigenvalue weighted by molar-refractivity contribution is -0.123. The molecule has 0 aliphatic carbocycles. The van der Waals surface area contributed by atoms with Crippen molar-refractivity contribution in [3.05, 3.63) is 83.9 Å². The molecule has 3 aromatic rings. The first-order chi connectivity index (χ1) is 11.5. The van der Waals surface area contributed by atoms with E-state index in [-0.39, 0.29) is 5.91 Å². The predicted octanol–water partition coefficient (Wildman–Crippen LogP) is 2.97. The Morgan fingerprint density at radius 3 is 2.21 bits per heavy atom. The van der Waals surface area contributed by atoms with Crippen LogP contribution >= 0.6 is 0 Å². The standard InChI is InChI=1S/C20H18N2O2/c1-20(19(21)24,15-10-3-2-4-11-15)22-18(23)17-13-7-9-14-8-5-6-12-16(14)17/h2-13H,1H3,(H2,21,24)(H,22,23). The van der Waals surface area contributed by atoms with Crippen LogP contribution in [-0.2, 0) is 10.3 Å². The fourth-order valence-corrected chi connectivity index (χ4v) is 2.77. The fourth-order valence-electron chi connectivity index (χ4n) is 2.77. The van der Waals surface area contributed by atoms with Gasteiger partial charge >= 0.3 is 0 Å². The molecule has 3 aromatic carbocycles. The highest BCUT2D eigenvalue weighted by atomic mass is 16.2. The molecule has 0 aliphatic heterocycles. The second kappa shape index (κ2) is 6.16. The summed E-state index contributed by atoms with van der Waals surface area (Å²) in [6.07, 6.45) is 0. The molecule has 1 unspecified atom stereocenters. The fraction of sp³-hybridized carbons (Fsp3) is 0.100. The van der Waals surface area contributed by atoms with Gasteiger partial charge in [0.15, 0.2) is 0 Å². The quantitative estimate of drug-likeness (QED) is 0.776. The Morgan fingerprint density at radius 1 is 0.875 bits per heavy atom. The van der Waals surface area contributed by atoms with Gasteiger partial charge in [0.05, 0.1) is 0 Å². The summed E-state index contributed by atoms with van der Waals surface area (Å²) < 4.78 is 0. The van der Waals surface area contributed by atoms with Crippen LogP contribution in [0.2, 0.25) is 0 Å². The van der Waals surface area contributed by atoms with Gasteiger partial charge in [-0.2, -0.15) is 0 Å². The highest BCUT2D eigenvalue weighted by Crippen LogP contribution is 2.23. The Hall–Kier alpha value is -3.14. The van der Waals surface area contributed by atoms with E-state index in [0.29, 0.717) is 11.1 Å². The Kier molecular flexibility index (Phi) is 4.04. The molecule has 0 spiro atoms. The third-order valence-corrected chi connectivity index (χ3v) is 4.24. The van der Waals surface area contributed by atoms with Crippen molar-refractivity contribution in [2.24, 2.45) is 5.73 Å². The lowest BCUT2D eigenvalue weighted by Crippen LogP contribution is -2.52. The van der Waals surface area contributed by atoms with Crippen LogP contribution in [0.4, 0.5) is 0 Å². The van der Waals surface area contributed by atoms with Gasteiger partial charge in [-0.05, 0) is 29.3 Å². The maximum atomic E-state index is 12.8. The van der Waals surface area contributed by atoms with Gasteiger partial charge in [0.25, 0.3) is 5.91 Å². The van der Waals surface area contributed by atoms with E-state index >= 15 is 0 Å². The SMILES string of the molecule is CC(NC(=O)c1cccc2ccccc12)(C(N)=O)c1ccccc1. The lowest BCUT2D eigenvalue weighted by atomic mass is 9.90. The number of primary amides is 1. The summed E-state index contributed by atoms with van der Waals surface area (Å²) in [5.41, 5.74) is 5.46. The highest BCUT2D eigenvalue weighted by molar-refractivity contribution is 6.08. The van der Waals surface area contributed by atoms with Crippen LogP contribution in [0.5, 0.6) is 0 Å². The molecule has 0 heterocycles. The minimum absolute atomic E-state index is 0.336. The zero-order valence-corrected chi connectivity index (χ0v) is 13.3. The van der Waals surface area contributed by atoms with Crippen LogP contribution in [-0.4, -0.2) is 11.8 Å². The summed E-state index contributed by atoms with van der Waals surface area (Å²) >= 11 is 0. The van der Waals surface area contributed by atoms with Crippen molar-refractivity contribution in [3.8, 4) is 0 Å². The average Bonchev–Trinajstić information content (AvgIpc) is 2.61. The summed E-state index contributed by atoms with van der Waals surface area (Å²) in [6, 6.07) is 22.1. The van der Waals surface area contributed by atoms with Crippen molar-refractivity contribution in [1.29, 1.82) is 0 Å². The third-order valence-electron chi connectivity index (χ3n) is 4.24. The lowest BCUT2D eigenvalue weighted by Gasteiger charge is -2.28. The molecule has 0 aliphatic rings. The molecule has 120 valence electrons. The Morgan fingerprint density at radius 2 is 1.50 bits per heavy atom. The van der Waals surface area contributed by atoms with E-state index in [9.17, 15) is 9.59 Å². The Balaban J connectivity index is 2.02. The number of amides is 2. The monoisotopic (exact) mass is 318 g/mol. The van der Waals surface area contributed by atoms with Crippen LogP contribution in [0.25, 0.3) is 10.8 Å². The molecule has 0 saturated heterocycles. The van der Waals surface area contributed by atoms with Crippen molar-refractivity contribution < 1.29 is 9.59 Å². The summed E-state index contributed by atoms with van der Waals surface area (Å²) in [5.74, 6) is -0.945. The molecule has 4 heteroatoms. The van der Waals surface area contributed by atoms with Crippen LogP contribution in [0.15, 0.2) is 72.8 Å². The van der Waals surface area contributed by atoms with Gasteiger partial charge in [-0.15, -0.1) is 0 Å². The number of benzene rings is 3. The minimum atomic E-state index is -1.28. The highest BCUT2D eigenvalue weighted by Gasteiger charge is 2.35. The van der Waals surface area contributed by atoms with Gasteiger partial charge in [-0.25, -0.2) is 0 Å². The van der Waals surface area contributed by atoms with E-state index in [0.717, 1.165) is 10.8 Å². The molecule has 3 N–H and O–H groups in total. The second-order valence-electron chi connectivity index (χ2n) is 5.84. The molecule has 4 nitrogen and oxygen atoms in total. The van der Waals surface area contributed by atoms with E-state index in [1.54, 1.807) is 37.3 Å². The molecule has 1 atom stereocenters. The number of carbonyl (C=O) groups is 2. The van der Waals surface area contributed by atoms with Crippen LogP contribution in [0.1, 0.15) is 22.8 Å². The number of nitrogens with two attached hydrogens (primary N) is 1. The van der Waals surface area contributed by atoms with Crippen molar-refractivity contribution >= 4 is 22.6 Å². The topological polar surface area (TPSA) is 72.2 Å². The third kappa shape index (κ3) is 2.74. The van der Waals surface area contributed by atoms with Crippen molar-refractivity contribution in [2.75, 3.05) is 0 Å². The number of rotatable bonds is 4. The maximum Gasteiger partial charge on any atom is 0.253 e. The van der Waals surface area contributed by atoms with Gasteiger partial charge in [-0.1, -0.05) is 66.7 Å². The molecule has 2 amide bonds. The van der Waals surface area contributed by atoms with Gasteiger partial charge in [0.1, 0.15) is 5.54 Å². The maximum absolute atomic E-state index is 12.8. The normalized spacial score (nSPS) is 13.2. The summed E-state index contributed by atoms with van der Waals surface area (Å²) in [5, 5.41) is 4.60. The molecule has 0 fully saturated rings. The summed E-state index contributed by atoms with van der Waals surface area (Å²) in [4.78, 5) is 24.9. The largest absolute Gasteiger partial charge is 0.367 e. The molecule has 24 heavy (non-hydrogen) atoms. The molecular weight excluding hydrogens is 300 g/mol. The molecule has 0 aromatic heterocycles. The number of nitrogens with one attached hydrogen (secondary N) is 1. The van der Waals surface area contributed by atoms with Gasteiger partial charge in [-0.3, -0.25) is 9.59 Å². The first-order valence-corrected chi connectivity index (χ1v) is 7.68. The van der Waals surface area contributed by atoms with E-state index in [4.69, 9.17) is 5.73 Å². The Labute approximate surface area is 140 Å². The first kappa shape index (κ1) is 15.7. The van der Waals surface area contributed by atoms with Crippen molar-refractivity contribution in [1.82, 2.24) is 5.32 Å². The van der Waals surface area contributed by atoms with Crippen LogP contribution in [0.3, 0.4) is 0 Å². The van der Waals surface area contributed by atoms with Crippen LogP contribution in [0, 0.1) is 0 Å². The average molecular weight is 318 g/mol. The smallest absolute Gasteiger partial charge is 0.253 e. The van der Waals surface area contributed by atoms with Crippen LogP contribution < -0.4 is 11.1 Å². The van der Waals surface area contributed by atoms with E-state index < -0.39 is 11.4 Å².